The van der Waals surface area contributed by atoms with Crippen molar-refractivity contribution in [1.29, 1.82) is 0 Å². The number of hydrogen-bond donors (Lipinski definition) is 1. The highest BCUT2D eigenvalue weighted by atomic mass is 35.5. The molecule has 0 unspecified atom stereocenters. The lowest BCUT2D eigenvalue weighted by atomic mass is 9.99. The Morgan fingerprint density at radius 1 is 1.23 bits per heavy atom. The molecule has 1 aliphatic heterocycles. The molecule has 3 rings (SSSR count). The molecule has 120 valence electrons. The molecule has 0 radical (unpaired) electrons. The number of hydrogen-bond acceptors (Lipinski definition) is 3. The minimum Gasteiger partial charge on any atom is -0.315 e. The van der Waals surface area contributed by atoms with Gasteiger partial charge in [0, 0.05) is 38.4 Å². The second-order valence-electron chi connectivity index (χ2n) is 5.94. The van der Waals surface area contributed by atoms with Gasteiger partial charge in [-0.2, -0.15) is 5.10 Å². The summed E-state index contributed by atoms with van der Waals surface area (Å²) in [4.78, 5) is 2.55. The molecule has 2 aromatic rings. The van der Waals surface area contributed by atoms with E-state index in [4.69, 9.17) is 0 Å². The molecule has 0 spiro atoms. The Balaban J connectivity index is 0.00000176. The maximum Gasteiger partial charge on any atom is 0.0568 e. The fraction of sp³-hybridized carbons (Fsp3) is 0.471. The Morgan fingerprint density at radius 2 is 2.09 bits per heavy atom. The normalized spacial score (nSPS) is 16.1. The van der Waals surface area contributed by atoms with E-state index in [-0.39, 0.29) is 12.4 Å². The predicted octanol–water partition coefficient (Wildman–Crippen LogP) is 2.61. The van der Waals surface area contributed by atoms with Crippen LogP contribution in [0.2, 0.25) is 0 Å². The van der Waals surface area contributed by atoms with Gasteiger partial charge in [0.05, 0.1) is 6.20 Å². The fourth-order valence-corrected chi connectivity index (χ4v) is 2.96. The van der Waals surface area contributed by atoms with E-state index in [1.807, 2.05) is 17.9 Å². The standard InChI is InChI=1S/C17H24N4.ClH/c1-14-4-5-15(13-21-8-3-6-18-7-9-21)17(10-14)16-11-19-20(2)12-16;/h4-5,10-12,18H,3,6-9,13H2,1-2H3;1H. The number of nitrogens with zero attached hydrogens (tertiary/aromatic N) is 3. The zero-order valence-electron chi connectivity index (χ0n) is 13.4. The van der Waals surface area contributed by atoms with Crippen LogP contribution in [0.5, 0.6) is 0 Å². The molecular weight excluding hydrogens is 296 g/mol. The van der Waals surface area contributed by atoms with Gasteiger partial charge in [0.25, 0.3) is 0 Å². The first kappa shape index (κ1) is 17.0. The van der Waals surface area contributed by atoms with Crippen molar-refractivity contribution in [3.8, 4) is 11.1 Å². The van der Waals surface area contributed by atoms with E-state index < -0.39 is 0 Å². The number of benzene rings is 1. The smallest absolute Gasteiger partial charge is 0.0568 e. The summed E-state index contributed by atoms with van der Waals surface area (Å²) in [6.07, 6.45) is 5.29. The Bertz CT molecular complexity index is 600. The van der Waals surface area contributed by atoms with Crippen molar-refractivity contribution in [1.82, 2.24) is 20.0 Å². The number of halogens is 1. The second kappa shape index (κ2) is 7.77. The summed E-state index contributed by atoms with van der Waals surface area (Å²) in [5, 5.41) is 7.79. The number of aromatic nitrogens is 2. The SMILES string of the molecule is Cc1ccc(CN2CCCNCC2)c(-c2cnn(C)c2)c1.Cl. The largest absolute Gasteiger partial charge is 0.315 e. The zero-order chi connectivity index (χ0) is 14.7. The first-order chi connectivity index (χ1) is 10.2. The molecule has 2 heterocycles. The molecule has 0 bridgehead atoms. The molecule has 5 heteroatoms. The monoisotopic (exact) mass is 320 g/mol. The molecule has 1 fully saturated rings. The predicted molar refractivity (Wildman–Crippen MR) is 93.4 cm³/mol. The van der Waals surface area contributed by atoms with Crippen LogP contribution >= 0.6 is 12.4 Å². The second-order valence-corrected chi connectivity index (χ2v) is 5.94. The Morgan fingerprint density at radius 3 is 2.86 bits per heavy atom. The van der Waals surface area contributed by atoms with Crippen molar-refractivity contribution in [3.05, 3.63) is 41.7 Å². The van der Waals surface area contributed by atoms with Gasteiger partial charge < -0.3 is 5.32 Å². The van der Waals surface area contributed by atoms with Gasteiger partial charge in [-0.05, 0) is 37.6 Å². The van der Waals surface area contributed by atoms with Crippen molar-refractivity contribution < 1.29 is 0 Å². The molecule has 1 saturated heterocycles. The highest BCUT2D eigenvalue weighted by molar-refractivity contribution is 5.85. The summed E-state index contributed by atoms with van der Waals surface area (Å²) < 4.78 is 1.87. The molecule has 1 aromatic heterocycles. The summed E-state index contributed by atoms with van der Waals surface area (Å²) in [6, 6.07) is 6.77. The Kier molecular flexibility index (Phi) is 6.00. The third-order valence-corrected chi connectivity index (χ3v) is 4.11. The molecule has 0 saturated carbocycles. The topological polar surface area (TPSA) is 33.1 Å². The lowest BCUT2D eigenvalue weighted by molar-refractivity contribution is 0.285. The number of rotatable bonds is 3. The van der Waals surface area contributed by atoms with Gasteiger partial charge in [-0.25, -0.2) is 0 Å². The van der Waals surface area contributed by atoms with Crippen LogP contribution in [-0.2, 0) is 13.6 Å². The van der Waals surface area contributed by atoms with Crippen LogP contribution < -0.4 is 5.32 Å². The van der Waals surface area contributed by atoms with E-state index in [0.717, 1.165) is 26.2 Å². The molecule has 22 heavy (non-hydrogen) atoms. The highest BCUT2D eigenvalue weighted by Gasteiger charge is 2.13. The summed E-state index contributed by atoms with van der Waals surface area (Å²) in [6.45, 7) is 7.70. The van der Waals surface area contributed by atoms with Gasteiger partial charge >= 0.3 is 0 Å². The van der Waals surface area contributed by atoms with Crippen LogP contribution in [0.1, 0.15) is 17.5 Å². The van der Waals surface area contributed by atoms with Crippen LogP contribution in [0.15, 0.2) is 30.6 Å². The third kappa shape index (κ3) is 4.09. The minimum atomic E-state index is 0. The first-order valence-electron chi connectivity index (χ1n) is 7.74. The molecule has 4 nitrogen and oxygen atoms in total. The number of aryl methyl sites for hydroxylation is 2. The van der Waals surface area contributed by atoms with Crippen molar-refractivity contribution >= 4 is 12.4 Å². The van der Waals surface area contributed by atoms with E-state index in [0.29, 0.717) is 0 Å². The van der Waals surface area contributed by atoms with Crippen LogP contribution in [0.25, 0.3) is 11.1 Å². The first-order valence-corrected chi connectivity index (χ1v) is 7.74. The molecular formula is C17H25ClN4. The van der Waals surface area contributed by atoms with E-state index in [1.54, 1.807) is 0 Å². The van der Waals surface area contributed by atoms with E-state index >= 15 is 0 Å². The average Bonchev–Trinajstić information content (AvgIpc) is 2.74. The zero-order valence-corrected chi connectivity index (χ0v) is 14.2. The summed E-state index contributed by atoms with van der Waals surface area (Å²) in [7, 11) is 1.97. The van der Waals surface area contributed by atoms with Crippen molar-refractivity contribution in [2.24, 2.45) is 7.05 Å². The quantitative estimate of drug-likeness (QED) is 0.943. The molecule has 1 aromatic carbocycles. The van der Waals surface area contributed by atoms with E-state index in [9.17, 15) is 0 Å². The lowest BCUT2D eigenvalue weighted by Gasteiger charge is -2.21. The molecule has 0 atom stereocenters. The average molecular weight is 321 g/mol. The van der Waals surface area contributed by atoms with Gasteiger partial charge in [0.15, 0.2) is 0 Å². The van der Waals surface area contributed by atoms with Gasteiger partial charge in [0.2, 0.25) is 0 Å². The molecule has 0 amide bonds. The van der Waals surface area contributed by atoms with Gasteiger partial charge in [-0.3, -0.25) is 9.58 Å². The lowest BCUT2D eigenvalue weighted by Crippen LogP contribution is -2.27. The van der Waals surface area contributed by atoms with Crippen molar-refractivity contribution in [2.45, 2.75) is 19.9 Å². The highest BCUT2D eigenvalue weighted by Crippen LogP contribution is 2.26. The van der Waals surface area contributed by atoms with Crippen molar-refractivity contribution in [2.75, 3.05) is 26.2 Å². The Hall–Kier alpha value is -1.36. The molecule has 1 N–H and O–H groups in total. The van der Waals surface area contributed by atoms with Gasteiger partial charge in [-0.15, -0.1) is 12.4 Å². The maximum absolute atomic E-state index is 4.32. The van der Waals surface area contributed by atoms with Crippen molar-refractivity contribution in [3.63, 3.8) is 0 Å². The summed E-state index contributed by atoms with van der Waals surface area (Å²) in [5.41, 5.74) is 5.23. The van der Waals surface area contributed by atoms with E-state index in [1.165, 1.54) is 35.2 Å². The van der Waals surface area contributed by atoms with E-state index in [2.05, 4.69) is 46.6 Å². The summed E-state index contributed by atoms with van der Waals surface area (Å²) in [5.74, 6) is 0. The Labute approximate surface area is 138 Å². The molecule has 1 aliphatic rings. The fourth-order valence-electron chi connectivity index (χ4n) is 2.96. The van der Waals surface area contributed by atoms with Gasteiger partial charge in [0.1, 0.15) is 0 Å². The molecule has 0 aliphatic carbocycles. The van der Waals surface area contributed by atoms with Crippen LogP contribution in [-0.4, -0.2) is 40.9 Å². The third-order valence-electron chi connectivity index (χ3n) is 4.11. The van der Waals surface area contributed by atoms with Crippen LogP contribution in [0.3, 0.4) is 0 Å². The number of nitrogens with one attached hydrogen (secondary N) is 1. The maximum atomic E-state index is 4.32. The van der Waals surface area contributed by atoms with Crippen LogP contribution in [0, 0.1) is 6.92 Å². The summed E-state index contributed by atoms with van der Waals surface area (Å²) >= 11 is 0. The van der Waals surface area contributed by atoms with Crippen LogP contribution in [0.4, 0.5) is 0 Å². The minimum absolute atomic E-state index is 0. The van der Waals surface area contributed by atoms with Gasteiger partial charge in [-0.1, -0.05) is 23.8 Å².